The first kappa shape index (κ1) is 19.9. The van der Waals surface area contributed by atoms with Crippen molar-refractivity contribution in [2.24, 2.45) is 0 Å². The smallest absolute Gasteiger partial charge is 0.185 e. The van der Waals surface area contributed by atoms with Gasteiger partial charge in [0.2, 0.25) is 0 Å². The van der Waals surface area contributed by atoms with Crippen molar-refractivity contribution in [1.82, 2.24) is 0 Å². The van der Waals surface area contributed by atoms with Crippen molar-refractivity contribution >= 4 is 49.8 Å². The van der Waals surface area contributed by atoms with E-state index in [2.05, 4.69) is 31.9 Å². The summed E-state index contributed by atoms with van der Waals surface area (Å²) >= 11 is 6.97. The van der Waals surface area contributed by atoms with Crippen LogP contribution in [-0.2, 0) is 4.79 Å². The highest BCUT2D eigenvalue weighted by molar-refractivity contribution is 9.10. The van der Waals surface area contributed by atoms with Crippen LogP contribution in [0.25, 0.3) is 12.2 Å². The van der Waals surface area contributed by atoms with Gasteiger partial charge in [0.15, 0.2) is 5.78 Å². The average molecular weight is 492 g/mol. The molecule has 0 radical (unpaired) electrons. The molecule has 0 atom stereocenters. The van der Waals surface area contributed by atoms with Crippen LogP contribution >= 0.6 is 31.9 Å². The standard InChI is InChI=1S/C22H20Br2O3/c1-26-20-8-6-18(23)12-16(20)10-14-4-3-5-15(22(14)25)11-17-13-19(24)7-9-21(17)27-2/h6-13H,3-5H2,1-2H3. The van der Waals surface area contributed by atoms with Crippen LogP contribution < -0.4 is 9.47 Å². The van der Waals surface area contributed by atoms with Gasteiger partial charge in [-0.15, -0.1) is 0 Å². The van der Waals surface area contributed by atoms with Gasteiger partial charge in [0, 0.05) is 31.2 Å². The molecule has 3 rings (SSSR count). The Morgan fingerprint density at radius 3 is 1.67 bits per heavy atom. The summed E-state index contributed by atoms with van der Waals surface area (Å²) in [4.78, 5) is 13.1. The van der Waals surface area contributed by atoms with Crippen molar-refractivity contribution in [2.75, 3.05) is 14.2 Å². The van der Waals surface area contributed by atoms with E-state index in [1.807, 2.05) is 48.6 Å². The zero-order chi connectivity index (χ0) is 19.4. The summed E-state index contributed by atoms with van der Waals surface area (Å²) in [6.07, 6.45) is 6.35. The minimum absolute atomic E-state index is 0.0882. The van der Waals surface area contributed by atoms with E-state index in [9.17, 15) is 4.79 Å². The van der Waals surface area contributed by atoms with E-state index in [0.717, 1.165) is 62.0 Å². The Hall–Kier alpha value is -1.85. The number of methoxy groups -OCH3 is 2. The fourth-order valence-corrected chi connectivity index (χ4v) is 3.95. The van der Waals surface area contributed by atoms with Gasteiger partial charge >= 0.3 is 0 Å². The van der Waals surface area contributed by atoms with Crippen molar-refractivity contribution in [2.45, 2.75) is 19.3 Å². The van der Waals surface area contributed by atoms with Crippen LogP contribution in [0.5, 0.6) is 11.5 Å². The Kier molecular flexibility index (Phi) is 6.55. The molecule has 1 saturated carbocycles. The lowest BCUT2D eigenvalue weighted by atomic mass is 9.86. The molecule has 0 unspecified atom stereocenters. The van der Waals surface area contributed by atoms with Gasteiger partial charge in [-0.05, 0) is 67.8 Å². The summed E-state index contributed by atoms with van der Waals surface area (Å²) < 4.78 is 12.8. The molecule has 0 aliphatic heterocycles. The van der Waals surface area contributed by atoms with Crippen LogP contribution in [0.15, 0.2) is 56.5 Å². The number of hydrogen-bond acceptors (Lipinski definition) is 3. The van der Waals surface area contributed by atoms with Crippen LogP contribution in [-0.4, -0.2) is 20.0 Å². The van der Waals surface area contributed by atoms with E-state index in [-0.39, 0.29) is 5.78 Å². The fraction of sp³-hybridized carbons (Fsp3) is 0.227. The maximum absolute atomic E-state index is 13.1. The molecule has 1 aliphatic rings. The summed E-state index contributed by atoms with van der Waals surface area (Å²) in [5, 5.41) is 0. The molecule has 140 valence electrons. The lowest BCUT2D eigenvalue weighted by Gasteiger charge is -2.18. The predicted octanol–water partition coefficient (Wildman–Crippen LogP) is 6.45. The van der Waals surface area contributed by atoms with E-state index < -0.39 is 0 Å². The lowest BCUT2D eigenvalue weighted by molar-refractivity contribution is -0.112. The molecule has 0 heterocycles. The molecule has 2 aromatic carbocycles. The molecule has 0 N–H and O–H groups in total. The molecule has 3 nitrogen and oxygen atoms in total. The second-order valence-corrected chi connectivity index (χ2v) is 8.13. The Morgan fingerprint density at radius 2 is 1.26 bits per heavy atom. The minimum atomic E-state index is 0.0882. The largest absolute Gasteiger partial charge is 0.496 e. The molecule has 1 fully saturated rings. The zero-order valence-corrected chi connectivity index (χ0v) is 18.4. The molecular weight excluding hydrogens is 472 g/mol. The SMILES string of the molecule is COc1ccc(Br)cc1C=C1CCCC(=Cc2cc(Br)ccc2OC)C1=O. The Balaban J connectivity index is 1.97. The number of hydrogen-bond donors (Lipinski definition) is 0. The van der Waals surface area contributed by atoms with Gasteiger partial charge in [-0.1, -0.05) is 31.9 Å². The quantitative estimate of drug-likeness (QED) is 0.461. The molecule has 2 aromatic rings. The van der Waals surface area contributed by atoms with Crippen molar-refractivity contribution in [1.29, 1.82) is 0 Å². The predicted molar refractivity (Wildman–Crippen MR) is 116 cm³/mol. The van der Waals surface area contributed by atoms with E-state index in [4.69, 9.17) is 9.47 Å². The van der Waals surface area contributed by atoms with E-state index in [0.29, 0.717) is 0 Å². The number of benzene rings is 2. The van der Waals surface area contributed by atoms with Crippen LogP contribution in [0.3, 0.4) is 0 Å². The van der Waals surface area contributed by atoms with Gasteiger partial charge in [-0.3, -0.25) is 4.79 Å². The minimum Gasteiger partial charge on any atom is -0.496 e. The van der Waals surface area contributed by atoms with Gasteiger partial charge < -0.3 is 9.47 Å². The van der Waals surface area contributed by atoms with Crippen LogP contribution in [0.2, 0.25) is 0 Å². The first-order chi connectivity index (χ1) is 13.0. The second kappa shape index (κ2) is 8.89. The topological polar surface area (TPSA) is 35.5 Å². The fourth-order valence-electron chi connectivity index (χ4n) is 3.19. The van der Waals surface area contributed by atoms with Crippen molar-refractivity contribution in [3.05, 3.63) is 67.6 Å². The molecule has 0 spiro atoms. The van der Waals surface area contributed by atoms with Gasteiger partial charge in [0.1, 0.15) is 11.5 Å². The monoisotopic (exact) mass is 490 g/mol. The number of Topliss-reactive ketones (excluding diaryl/α,β-unsaturated/α-hetero) is 1. The normalized spacial score (nSPS) is 17.4. The van der Waals surface area contributed by atoms with E-state index in [1.165, 1.54) is 0 Å². The molecule has 27 heavy (non-hydrogen) atoms. The molecule has 5 heteroatoms. The first-order valence-corrected chi connectivity index (χ1v) is 10.2. The Morgan fingerprint density at radius 1 is 0.815 bits per heavy atom. The number of rotatable bonds is 4. The number of allylic oxidation sites excluding steroid dienone is 2. The summed E-state index contributed by atoms with van der Waals surface area (Å²) in [5.74, 6) is 1.59. The second-order valence-electron chi connectivity index (χ2n) is 6.29. The van der Waals surface area contributed by atoms with E-state index in [1.54, 1.807) is 14.2 Å². The molecule has 0 bridgehead atoms. The summed E-state index contributed by atoms with van der Waals surface area (Å²) in [6.45, 7) is 0. The number of ether oxygens (including phenoxy) is 2. The van der Waals surface area contributed by atoms with Crippen LogP contribution in [0, 0.1) is 0 Å². The van der Waals surface area contributed by atoms with E-state index >= 15 is 0 Å². The van der Waals surface area contributed by atoms with Gasteiger partial charge in [0.25, 0.3) is 0 Å². The average Bonchev–Trinajstić information content (AvgIpc) is 2.65. The number of carbonyl (C=O) groups excluding carboxylic acids is 1. The molecule has 0 amide bonds. The maximum atomic E-state index is 13.1. The highest BCUT2D eigenvalue weighted by atomic mass is 79.9. The van der Waals surface area contributed by atoms with Crippen molar-refractivity contribution in [3.63, 3.8) is 0 Å². The number of halogens is 2. The Bertz CT molecular complexity index is 856. The molecular formula is C22H20Br2O3. The van der Waals surface area contributed by atoms with Crippen molar-refractivity contribution < 1.29 is 14.3 Å². The number of ketones is 1. The summed E-state index contributed by atoms with van der Waals surface area (Å²) in [6, 6.07) is 11.6. The highest BCUT2D eigenvalue weighted by Gasteiger charge is 2.21. The van der Waals surface area contributed by atoms with Crippen LogP contribution in [0.1, 0.15) is 30.4 Å². The van der Waals surface area contributed by atoms with Crippen LogP contribution in [0.4, 0.5) is 0 Å². The maximum Gasteiger partial charge on any atom is 0.185 e. The zero-order valence-electron chi connectivity index (χ0n) is 15.2. The van der Waals surface area contributed by atoms with Gasteiger partial charge in [0.05, 0.1) is 14.2 Å². The third-order valence-corrected chi connectivity index (χ3v) is 5.50. The summed E-state index contributed by atoms with van der Waals surface area (Å²) in [7, 11) is 3.28. The van der Waals surface area contributed by atoms with Gasteiger partial charge in [-0.2, -0.15) is 0 Å². The lowest BCUT2D eigenvalue weighted by Crippen LogP contribution is -2.12. The summed E-state index contributed by atoms with van der Waals surface area (Å²) in [5.41, 5.74) is 3.41. The first-order valence-electron chi connectivity index (χ1n) is 8.64. The molecule has 0 saturated heterocycles. The van der Waals surface area contributed by atoms with Gasteiger partial charge in [-0.25, -0.2) is 0 Å². The number of carbonyl (C=O) groups is 1. The third kappa shape index (κ3) is 4.71. The third-order valence-electron chi connectivity index (χ3n) is 4.52. The molecule has 1 aliphatic carbocycles. The molecule has 0 aromatic heterocycles. The Labute approximate surface area is 176 Å². The highest BCUT2D eigenvalue weighted by Crippen LogP contribution is 2.33. The van der Waals surface area contributed by atoms with Crippen molar-refractivity contribution in [3.8, 4) is 11.5 Å².